The minimum atomic E-state index is -0.688. The van der Waals surface area contributed by atoms with Gasteiger partial charge in [0.05, 0.1) is 17.5 Å². The van der Waals surface area contributed by atoms with Crippen LogP contribution in [0.2, 0.25) is 5.02 Å². The lowest BCUT2D eigenvalue weighted by Gasteiger charge is -2.16. The molecule has 0 radical (unpaired) electrons. The molecule has 1 amide bonds. The topological polar surface area (TPSA) is 53.3 Å². The fourth-order valence-electron chi connectivity index (χ4n) is 1.19. The zero-order chi connectivity index (χ0) is 13.5. The largest absolute Gasteiger partial charge is 0.481 e. The number of hydrogen-bond donors (Lipinski definition) is 0. The van der Waals surface area contributed by atoms with Crippen LogP contribution in [0.25, 0.3) is 0 Å². The molecular formula is C12H12ClFN2O2. The summed E-state index contributed by atoms with van der Waals surface area (Å²) in [4.78, 5) is 12.9. The molecule has 0 aliphatic rings. The van der Waals surface area contributed by atoms with Gasteiger partial charge in [0, 0.05) is 13.6 Å². The normalized spacial score (nSPS) is 9.67. The van der Waals surface area contributed by atoms with Crippen LogP contribution in [0, 0.1) is 17.1 Å². The van der Waals surface area contributed by atoms with Crippen molar-refractivity contribution in [2.45, 2.75) is 6.42 Å². The van der Waals surface area contributed by atoms with Crippen LogP contribution in [0.4, 0.5) is 4.39 Å². The summed E-state index contributed by atoms with van der Waals surface area (Å²) in [7, 11) is 1.55. The van der Waals surface area contributed by atoms with E-state index in [1.165, 1.54) is 23.1 Å². The zero-order valence-electron chi connectivity index (χ0n) is 9.82. The first-order chi connectivity index (χ1) is 8.56. The maximum absolute atomic E-state index is 13.4. The van der Waals surface area contributed by atoms with Gasteiger partial charge in [-0.1, -0.05) is 17.7 Å². The van der Waals surface area contributed by atoms with E-state index < -0.39 is 5.82 Å². The summed E-state index contributed by atoms with van der Waals surface area (Å²) in [5, 5.41) is 8.33. The van der Waals surface area contributed by atoms with Crippen molar-refractivity contribution in [2.24, 2.45) is 0 Å². The predicted molar refractivity (Wildman–Crippen MR) is 64.8 cm³/mol. The van der Waals surface area contributed by atoms with E-state index in [1.54, 1.807) is 7.05 Å². The molecule has 0 heterocycles. The van der Waals surface area contributed by atoms with Crippen LogP contribution in [0.1, 0.15) is 6.42 Å². The van der Waals surface area contributed by atoms with E-state index in [0.717, 1.165) is 0 Å². The van der Waals surface area contributed by atoms with Crippen LogP contribution in [0.5, 0.6) is 5.75 Å². The minimum Gasteiger partial charge on any atom is -0.481 e. The van der Waals surface area contributed by atoms with Crippen molar-refractivity contribution < 1.29 is 13.9 Å². The second-order valence-corrected chi connectivity index (χ2v) is 3.97. The van der Waals surface area contributed by atoms with Crippen molar-refractivity contribution >= 4 is 17.5 Å². The highest BCUT2D eigenvalue weighted by Crippen LogP contribution is 2.23. The summed E-state index contributed by atoms with van der Waals surface area (Å²) >= 11 is 5.57. The van der Waals surface area contributed by atoms with Gasteiger partial charge in [0.25, 0.3) is 5.91 Å². The Labute approximate surface area is 110 Å². The Hall–Kier alpha value is -1.80. The first kappa shape index (κ1) is 14.3. The van der Waals surface area contributed by atoms with Crippen molar-refractivity contribution in [1.82, 2.24) is 4.90 Å². The zero-order valence-corrected chi connectivity index (χ0v) is 10.6. The van der Waals surface area contributed by atoms with Crippen molar-refractivity contribution in [3.05, 3.63) is 29.0 Å². The fourth-order valence-corrected chi connectivity index (χ4v) is 1.35. The Morgan fingerprint density at radius 1 is 1.61 bits per heavy atom. The van der Waals surface area contributed by atoms with E-state index in [2.05, 4.69) is 0 Å². The highest BCUT2D eigenvalue weighted by Gasteiger charge is 2.12. The number of benzene rings is 1. The lowest BCUT2D eigenvalue weighted by Crippen LogP contribution is -2.32. The highest BCUT2D eigenvalue weighted by molar-refractivity contribution is 6.30. The molecule has 4 nitrogen and oxygen atoms in total. The molecule has 6 heteroatoms. The fraction of sp³-hybridized carbons (Fsp3) is 0.333. The molecule has 0 bridgehead atoms. The van der Waals surface area contributed by atoms with Gasteiger partial charge in [0.1, 0.15) is 0 Å². The summed E-state index contributed by atoms with van der Waals surface area (Å²) in [6.45, 7) is 0.0237. The lowest BCUT2D eigenvalue weighted by atomic mass is 10.3. The van der Waals surface area contributed by atoms with Gasteiger partial charge in [0.15, 0.2) is 18.2 Å². The van der Waals surface area contributed by atoms with Crippen LogP contribution in [0.3, 0.4) is 0 Å². The van der Waals surface area contributed by atoms with Gasteiger partial charge in [-0.3, -0.25) is 4.79 Å². The Balaban J connectivity index is 2.53. The monoisotopic (exact) mass is 270 g/mol. The molecule has 0 atom stereocenters. The average Bonchev–Trinajstić information content (AvgIpc) is 2.37. The molecule has 0 aromatic heterocycles. The van der Waals surface area contributed by atoms with E-state index in [-0.39, 0.29) is 29.7 Å². The molecule has 0 spiro atoms. The number of halogens is 2. The third-order valence-corrected chi connectivity index (χ3v) is 2.54. The third kappa shape index (κ3) is 3.90. The number of nitrogens with zero attached hydrogens (tertiary/aromatic N) is 2. The summed E-state index contributed by atoms with van der Waals surface area (Å²) in [6.07, 6.45) is 0.244. The second-order valence-electron chi connectivity index (χ2n) is 3.56. The van der Waals surface area contributed by atoms with E-state index in [1.807, 2.05) is 6.07 Å². The molecule has 0 unspecified atom stereocenters. The maximum atomic E-state index is 13.4. The molecule has 0 saturated carbocycles. The number of ether oxygens (including phenoxy) is 1. The molecule has 1 aromatic carbocycles. The smallest absolute Gasteiger partial charge is 0.260 e. The molecule has 0 aliphatic carbocycles. The molecule has 0 aliphatic heterocycles. The Morgan fingerprint density at radius 3 is 3.00 bits per heavy atom. The number of nitriles is 1. The van der Waals surface area contributed by atoms with Crippen LogP contribution < -0.4 is 4.74 Å². The van der Waals surface area contributed by atoms with E-state index in [0.29, 0.717) is 6.54 Å². The number of likely N-dealkylation sites (N-methyl/N-ethyl adjacent to an activating group) is 1. The van der Waals surface area contributed by atoms with E-state index in [9.17, 15) is 9.18 Å². The quantitative estimate of drug-likeness (QED) is 0.824. The third-order valence-electron chi connectivity index (χ3n) is 2.25. The molecule has 96 valence electrons. The Morgan fingerprint density at radius 2 is 2.33 bits per heavy atom. The van der Waals surface area contributed by atoms with Crippen LogP contribution in [-0.4, -0.2) is 31.0 Å². The highest BCUT2D eigenvalue weighted by atomic mass is 35.5. The van der Waals surface area contributed by atoms with Crippen molar-refractivity contribution in [3.63, 3.8) is 0 Å². The van der Waals surface area contributed by atoms with Crippen LogP contribution >= 0.6 is 11.6 Å². The Bertz CT molecular complexity index is 474. The summed E-state index contributed by atoms with van der Waals surface area (Å²) < 4.78 is 18.5. The summed E-state index contributed by atoms with van der Waals surface area (Å²) in [6, 6.07) is 6.25. The first-order valence-corrected chi connectivity index (χ1v) is 5.61. The van der Waals surface area contributed by atoms with Crippen LogP contribution in [-0.2, 0) is 4.79 Å². The number of carbonyl (C=O) groups excluding carboxylic acids is 1. The maximum Gasteiger partial charge on any atom is 0.260 e. The van der Waals surface area contributed by atoms with Gasteiger partial charge < -0.3 is 9.64 Å². The molecule has 0 N–H and O–H groups in total. The van der Waals surface area contributed by atoms with Crippen molar-refractivity contribution in [1.29, 1.82) is 5.26 Å². The SMILES string of the molecule is CN(CCC#N)C(=O)COc1cccc(Cl)c1F. The van der Waals surface area contributed by atoms with Gasteiger partial charge in [-0.05, 0) is 12.1 Å². The standard InChI is InChI=1S/C12H12ClFN2O2/c1-16(7-3-6-15)11(17)8-18-10-5-2-4-9(13)12(10)14/h2,4-5H,3,7-8H2,1H3. The number of rotatable bonds is 5. The first-order valence-electron chi connectivity index (χ1n) is 5.24. The van der Waals surface area contributed by atoms with Crippen LogP contribution in [0.15, 0.2) is 18.2 Å². The Kier molecular flexibility index (Phi) is 5.40. The molecule has 0 fully saturated rings. The average molecular weight is 271 g/mol. The molecule has 1 aromatic rings. The summed E-state index contributed by atoms with van der Waals surface area (Å²) in [5.74, 6) is -1.08. The van der Waals surface area contributed by atoms with Gasteiger partial charge in [-0.2, -0.15) is 5.26 Å². The number of amides is 1. The van der Waals surface area contributed by atoms with E-state index >= 15 is 0 Å². The van der Waals surface area contributed by atoms with Crippen molar-refractivity contribution in [3.8, 4) is 11.8 Å². The van der Waals surface area contributed by atoms with E-state index in [4.69, 9.17) is 21.6 Å². The van der Waals surface area contributed by atoms with Gasteiger partial charge in [-0.25, -0.2) is 4.39 Å². The number of carbonyl (C=O) groups is 1. The lowest BCUT2D eigenvalue weighted by molar-refractivity contribution is -0.132. The summed E-state index contributed by atoms with van der Waals surface area (Å²) in [5.41, 5.74) is 0. The number of hydrogen-bond acceptors (Lipinski definition) is 3. The minimum absolute atomic E-state index is 0.0576. The molecule has 0 saturated heterocycles. The predicted octanol–water partition coefficient (Wildman–Crippen LogP) is 2.23. The molecular weight excluding hydrogens is 259 g/mol. The van der Waals surface area contributed by atoms with Gasteiger partial charge in [-0.15, -0.1) is 0 Å². The van der Waals surface area contributed by atoms with Crippen molar-refractivity contribution in [2.75, 3.05) is 20.2 Å². The van der Waals surface area contributed by atoms with Gasteiger partial charge >= 0.3 is 0 Å². The van der Waals surface area contributed by atoms with Gasteiger partial charge in [0.2, 0.25) is 0 Å². The molecule has 1 rings (SSSR count). The second kappa shape index (κ2) is 6.82. The molecule has 18 heavy (non-hydrogen) atoms.